The molecule has 3 heterocycles. The summed E-state index contributed by atoms with van der Waals surface area (Å²) in [6.07, 6.45) is 1.57. The van der Waals surface area contributed by atoms with Crippen LogP contribution in [0.25, 0.3) is 0 Å². The van der Waals surface area contributed by atoms with Crippen molar-refractivity contribution >= 4 is 17.4 Å². The van der Waals surface area contributed by atoms with Crippen molar-refractivity contribution in [2.75, 3.05) is 30.3 Å². The molecule has 0 aliphatic carbocycles. The van der Waals surface area contributed by atoms with Crippen molar-refractivity contribution in [1.82, 2.24) is 15.3 Å². The van der Waals surface area contributed by atoms with E-state index < -0.39 is 0 Å². The van der Waals surface area contributed by atoms with Gasteiger partial charge in [0.05, 0.1) is 11.6 Å². The zero-order chi connectivity index (χ0) is 19.5. The highest BCUT2D eigenvalue weighted by Crippen LogP contribution is 2.24. The molecule has 0 amide bonds. The predicted molar refractivity (Wildman–Crippen MR) is 117 cm³/mol. The quantitative estimate of drug-likeness (QED) is 0.675. The molecular formula is C22H29N5O. The number of nitrogens with zero attached hydrogens (tertiary/aromatic N) is 3. The first kappa shape index (κ1) is 18.1. The maximum absolute atomic E-state index is 12.8. The summed E-state index contributed by atoms with van der Waals surface area (Å²) in [5.74, 6) is 0.813. The van der Waals surface area contributed by atoms with E-state index in [-0.39, 0.29) is 21.9 Å². The van der Waals surface area contributed by atoms with Gasteiger partial charge in [0.25, 0.3) is 0 Å². The Kier molecular flexibility index (Phi) is 5.04. The largest absolute Gasteiger partial charge is 0.383 e. The molecule has 1 unspecified atom stereocenters. The van der Waals surface area contributed by atoms with Crippen LogP contribution in [0.5, 0.6) is 0 Å². The number of nitrogens with two attached hydrogens (primary N) is 1. The van der Waals surface area contributed by atoms with Crippen LogP contribution in [0.15, 0.2) is 60.8 Å². The molecule has 6 heteroatoms. The number of aromatic nitrogens is 2. The molecule has 3 N–H and O–H groups in total. The van der Waals surface area contributed by atoms with E-state index >= 15 is 0 Å². The first-order valence-electron chi connectivity index (χ1n) is 9.39. The number of piperazine rings is 1. The lowest BCUT2D eigenvalue weighted by atomic mass is 9.99. The molecule has 0 saturated carbocycles. The van der Waals surface area contributed by atoms with Crippen LogP contribution in [-0.4, -0.2) is 35.4 Å². The number of rotatable bonds is 4. The standard InChI is InChI=1S/C22H23N5O.3H2/c1-15-6-2-3-7-16(15)19-14-27(13-12-24-19)20-10-4-9-18(26-20)21(28)17-8-5-11-25-22(17)23;;;/h2-11,19,24H,12-14H2,1H3,(H2,23,25);3*1H. The van der Waals surface area contributed by atoms with Crippen LogP contribution in [-0.2, 0) is 0 Å². The van der Waals surface area contributed by atoms with Gasteiger partial charge in [-0.3, -0.25) is 4.79 Å². The number of pyridine rings is 2. The normalized spacial score (nSPS) is 16.8. The average Bonchev–Trinajstić information content (AvgIpc) is 2.74. The van der Waals surface area contributed by atoms with Gasteiger partial charge in [-0.25, -0.2) is 9.97 Å². The van der Waals surface area contributed by atoms with Crippen LogP contribution < -0.4 is 16.0 Å². The van der Waals surface area contributed by atoms with Crippen LogP contribution >= 0.6 is 0 Å². The number of carbonyl (C=O) groups excluding carboxylic acids is 1. The Balaban J connectivity index is 0.00000160. The van der Waals surface area contributed by atoms with Gasteiger partial charge < -0.3 is 16.0 Å². The summed E-state index contributed by atoms with van der Waals surface area (Å²) in [5, 5.41) is 3.59. The molecule has 6 nitrogen and oxygen atoms in total. The van der Waals surface area contributed by atoms with E-state index in [0.29, 0.717) is 11.3 Å². The third-order valence-corrected chi connectivity index (χ3v) is 5.11. The molecule has 148 valence electrons. The minimum Gasteiger partial charge on any atom is -0.383 e. The fraction of sp³-hybridized carbons (Fsp3) is 0.227. The Labute approximate surface area is 168 Å². The first-order valence-corrected chi connectivity index (χ1v) is 9.39. The molecule has 0 radical (unpaired) electrons. The summed E-state index contributed by atoms with van der Waals surface area (Å²) in [7, 11) is 0. The average molecular weight is 380 g/mol. The molecule has 1 aliphatic rings. The summed E-state index contributed by atoms with van der Waals surface area (Å²) in [6, 6.07) is 17.6. The van der Waals surface area contributed by atoms with Crippen molar-refractivity contribution in [1.29, 1.82) is 0 Å². The molecule has 1 aromatic carbocycles. The molecule has 1 saturated heterocycles. The number of nitrogen functional groups attached to an aromatic ring is 1. The number of aryl methyl sites for hydroxylation is 1. The van der Waals surface area contributed by atoms with Crippen molar-refractivity contribution < 1.29 is 9.07 Å². The summed E-state index contributed by atoms with van der Waals surface area (Å²) >= 11 is 0. The Hall–Kier alpha value is -3.25. The number of carbonyl (C=O) groups is 1. The monoisotopic (exact) mass is 379 g/mol. The lowest BCUT2D eigenvalue weighted by molar-refractivity contribution is 0.103. The Morgan fingerprint density at radius 1 is 1.18 bits per heavy atom. The summed E-state index contributed by atoms with van der Waals surface area (Å²) in [5.41, 5.74) is 9.18. The van der Waals surface area contributed by atoms with Crippen molar-refractivity contribution in [3.05, 3.63) is 83.2 Å². The lowest BCUT2D eigenvalue weighted by Crippen LogP contribution is -2.46. The van der Waals surface area contributed by atoms with E-state index in [4.69, 9.17) is 5.73 Å². The summed E-state index contributed by atoms with van der Waals surface area (Å²) in [4.78, 5) is 23.7. The molecular weight excluding hydrogens is 350 g/mol. The zero-order valence-electron chi connectivity index (χ0n) is 15.8. The highest BCUT2D eigenvalue weighted by Gasteiger charge is 2.23. The molecule has 2 aromatic heterocycles. The van der Waals surface area contributed by atoms with Crippen LogP contribution in [0, 0.1) is 6.92 Å². The van der Waals surface area contributed by atoms with Crippen molar-refractivity contribution in [3.8, 4) is 0 Å². The minimum absolute atomic E-state index is 0. The fourth-order valence-electron chi connectivity index (χ4n) is 3.62. The van der Waals surface area contributed by atoms with E-state index in [1.165, 1.54) is 11.1 Å². The second-order valence-corrected chi connectivity index (χ2v) is 6.96. The SMILES string of the molecule is Cc1ccccc1C1CN(c2cccc(C(=O)c3cccnc3N)n2)CCN1.[HH].[HH].[HH]. The van der Waals surface area contributed by atoms with Crippen LogP contribution in [0.4, 0.5) is 11.6 Å². The van der Waals surface area contributed by atoms with Crippen molar-refractivity contribution in [2.45, 2.75) is 13.0 Å². The van der Waals surface area contributed by atoms with Gasteiger partial charge in [-0.05, 0) is 42.3 Å². The molecule has 1 atom stereocenters. The van der Waals surface area contributed by atoms with Gasteiger partial charge in [0.2, 0.25) is 5.78 Å². The van der Waals surface area contributed by atoms with Crippen LogP contribution in [0.2, 0.25) is 0 Å². The Morgan fingerprint density at radius 2 is 2.04 bits per heavy atom. The first-order chi connectivity index (χ1) is 13.6. The Bertz CT molecular complexity index is 1020. The van der Waals surface area contributed by atoms with Gasteiger partial charge in [-0.15, -0.1) is 0 Å². The minimum atomic E-state index is -0.210. The van der Waals surface area contributed by atoms with Crippen LogP contribution in [0.3, 0.4) is 0 Å². The summed E-state index contributed by atoms with van der Waals surface area (Å²) in [6.45, 7) is 4.62. The topological polar surface area (TPSA) is 84.1 Å². The van der Waals surface area contributed by atoms with Gasteiger partial charge >= 0.3 is 0 Å². The maximum atomic E-state index is 12.8. The number of benzene rings is 1. The smallest absolute Gasteiger partial charge is 0.215 e. The predicted octanol–water partition coefficient (Wildman–Crippen LogP) is 3.49. The number of nitrogens with one attached hydrogen (secondary N) is 1. The third-order valence-electron chi connectivity index (χ3n) is 5.11. The van der Waals surface area contributed by atoms with E-state index in [2.05, 4.69) is 51.4 Å². The zero-order valence-corrected chi connectivity index (χ0v) is 15.8. The van der Waals surface area contributed by atoms with Gasteiger partial charge in [0.1, 0.15) is 17.3 Å². The second kappa shape index (κ2) is 7.78. The number of hydrogen-bond donors (Lipinski definition) is 2. The number of hydrogen-bond acceptors (Lipinski definition) is 6. The van der Waals surface area contributed by atoms with Gasteiger partial charge in [-0.1, -0.05) is 30.3 Å². The molecule has 1 fully saturated rings. The van der Waals surface area contributed by atoms with E-state index in [0.717, 1.165) is 25.5 Å². The van der Waals surface area contributed by atoms with E-state index in [9.17, 15) is 4.79 Å². The molecule has 0 spiro atoms. The number of anilines is 2. The molecule has 1 aliphatic heterocycles. The molecule has 3 aromatic rings. The van der Waals surface area contributed by atoms with Crippen molar-refractivity contribution in [2.24, 2.45) is 0 Å². The molecule has 28 heavy (non-hydrogen) atoms. The fourth-order valence-corrected chi connectivity index (χ4v) is 3.62. The lowest BCUT2D eigenvalue weighted by Gasteiger charge is -2.35. The van der Waals surface area contributed by atoms with E-state index in [1.54, 1.807) is 24.4 Å². The van der Waals surface area contributed by atoms with Crippen LogP contribution in [0.1, 0.15) is 37.5 Å². The second-order valence-electron chi connectivity index (χ2n) is 6.96. The number of ketones is 1. The highest BCUT2D eigenvalue weighted by molar-refractivity contribution is 6.10. The molecule has 4 rings (SSSR count). The summed E-state index contributed by atoms with van der Waals surface area (Å²) < 4.78 is 0. The van der Waals surface area contributed by atoms with Gasteiger partial charge in [0.15, 0.2) is 0 Å². The Morgan fingerprint density at radius 3 is 2.86 bits per heavy atom. The third kappa shape index (κ3) is 3.59. The maximum Gasteiger partial charge on any atom is 0.215 e. The van der Waals surface area contributed by atoms with Crippen molar-refractivity contribution in [3.63, 3.8) is 0 Å². The van der Waals surface area contributed by atoms with Gasteiger partial charge in [-0.2, -0.15) is 0 Å². The highest BCUT2D eigenvalue weighted by atomic mass is 16.1. The van der Waals surface area contributed by atoms with Gasteiger partial charge in [0, 0.05) is 30.1 Å². The van der Waals surface area contributed by atoms with E-state index in [1.807, 2.05) is 12.1 Å². The molecule has 0 bridgehead atoms.